The quantitative estimate of drug-likeness (QED) is 0.848. The molecule has 1 aromatic carbocycles. The third-order valence-corrected chi connectivity index (χ3v) is 3.57. The molecule has 2 nitrogen and oxygen atoms in total. The van der Waals surface area contributed by atoms with Gasteiger partial charge >= 0.3 is 0 Å². The van der Waals surface area contributed by atoms with Crippen LogP contribution in [0.1, 0.15) is 24.8 Å². The number of halogens is 1. The van der Waals surface area contributed by atoms with Gasteiger partial charge in [0.1, 0.15) is 10.7 Å². The topological polar surface area (TPSA) is 35.2 Å². The summed E-state index contributed by atoms with van der Waals surface area (Å²) in [4.78, 5) is 0.369. The van der Waals surface area contributed by atoms with Crippen LogP contribution in [0.3, 0.4) is 0 Å². The molecule has 0 spiro atoms. The van der Waals surface area contributed by atoms with E-state index < -0.39 is 0 Å². The predicted octanol–water partition coefficient (Wildman–Crippen LogP) is 3.26. The lowest BCUT2D eigenvalue weighted by atomic mass is 10.2. The molecule has 16 heavy (non-hydrogen) atoms. The van der Waals surface area contributed by atoms with Crippen LogP contribution in [0, 0.1) is 5.92 Å². The summed E-state index contributed by atoms with van der Waals surface area (Å²) in [7, 11) is 0. The molecule has 0 bridgehead atoms. The van der Waals surface area contributed by atoms with Gasteiger partial charge < -0.3 is 10.5 Å². The second-order valence-electron chi connectivity index (χ2n) is 4.06. The molecular formula is C12H14BrNOS. The first-order valence-corrected chi connectivity index (χ1v) is 6.59. The fourth-order valence-electron chi connectivity index (χ4n) is 1.61. The monoisotopic (exact) mass is 299 g/mol. The van der Waals surface area contributed by atoms with Gasteiger partial charge in [-0.15, -0.1) is 0 Å². The zero-order valence-electron chi connectivity index (χ0n) is 8.91. The van der Waals surface area contributed by atoms with E-state index in [1.807, 2.05) is 18.2 Å². The first-order chi connectivity index (χ1) is 7.68. The maximum atomic E-state index is 5.73. The van der Waals surface area contributed by atoms with Crippen LogP contribution in [0.4, 0.5) is 0 Å². The molecule has 1 aromatic rings. The molecule has 86 valence electrons. The molecule has 1 aliphatic carbocycles. The zero-order chi connectivity index (χ0) is 11.5. The van der Waals surface area contributed by atoms with Crippen LogP contribution in [0.2, 0.25) is 0 Å². The van der Waals surface area contributed by atoms with Crippen molar-refractivity contribution < 1.29 is 4.74 Å². The molecule has 0 atom stereocenters. The highest BCUT2D eigenvalue weighted by molar-refractivity contribution is 9.10. The molecule has 0 heterocycles. The van der Waals surface area contributed by atoms with Crippen molar-refractivity contribution in [3.05, 3.63) is 28.2 Å². The van der Waals surface area contributed by atoms with Crippen LogP contribution in [-0.4, -0.2) is 11.6 Å². The van der Waals surface area contributed by atoms with E-state index in [-0.39, 0.29) is 0 Å². The van der Waals surface area contributed by atoms with Gasteiger partial charge in [-0.3, -0.25) is 0 Å². The summed E-state index contributed by atoms with van der Waals surface area (Å²) in [6.07, 6.45) is 3.83. The summed E-state index contributed by atoms with van der Waals surface area (Å²) in [5, 5.41) is 0. The number of hydrogen-bond acceptors (Lipinski definition) is 2. The highest BCUT2D eigenvalue weighted by atomic mass is 79.9. The van der Waals surface area contributed by atoms with E-state index in [4.69, 9.17) is 22.7 Å². The minimum atomic E-state index is 0.369. The molecule has 0 radical (unpaired) electrons. The predicted molar refractivity (Wildman–Crippen MR) is 72.9 cm³/mol. The summed E-state index contributed by atoms with van der Waals surface area (Å²) < 4.78 is 6.63. The normalized spacial score (nSPS) is 14.8. The Labute approximate surface area is 109 Å². The Morgan fingerprint density at radius 2 is 2.25 bits per heavy atom. The van der Waals surface area contributed by atoms with Gasteiger partial charge in [0.25, 0.3) is 0 Å². The highest BCUT2D eigenvalue weighted by Gasteiger charge is 2.21. The van der Waals surface area contributed by atoms with E-state index in [0.717, 1.165) is 34.7 Å². The second-order valence-corrected chi connectivity index (χ2v) is 5.35. The lowest BCUT2D eigenvalue weighted by molar-refractivity contribution is 0.302. The van der Waals surface area contributed by atoms with Gasteiger partial charge in [-0.05, 0) is 40.4 Å². The number of ether oxygens (including phenoxy) is 1. The van der Waals surface area contributed by atoms with Gasteiger partial charge in [-0.2, -0.15) is 0 Å². The standard InChI is InChI=1S/C12H14BrNOS/c13-9-2-1-3-10(11(9)12(14)16)15-7-6-8-4-5-8/h1-3,8H,4-7H2,(H2,14,16). The lowest BCUT2D eigenvalue weighted by Gasteiger charge is -2.11. The van der Waals surface area contributed by atoms with Crippen molar-refractivity contribution in [2.24, 2.45) is 11.7 Å². The van der Waals surface area contributed by atoms with Crippen LogP contribution < -0.4 is 10.5 Å². The van der Waals surface area contributed by atoms with Crippen LogP contribution in [0.25, 0.3) is 0 Å². The maximum absolute atomic E-state index is 5.73. The fourth-order valence-corrected chi connectivity index (χ4v) is 2.51. The number of hydrogen-bond donors (Lipinski definition) is 1. The van der Waals surface area contributed by atoms with Crippen molar-refractivity contribution in [3.8, 4) is 5.75 Å². The van der Waals surface area contributed by atoms with Crippen molar-refractivity contribution in [1.29, 1.82) is 0 Å². The second kappa shape index (κ2) is 5.15. The average molecular weight is 300 g/mol. The summed E-state index contributed by atoms with van der Waals surface area (Å²) in [6, 6.07) is 5.76. The minimum Gasteiger partial charge on any atom is -0.493 e. The largest absolute Gasteiger partial charge is 0.493 e. The van der Waals surface area contributed by atoms with E-state index in [0.29, 0.717) is 4.99 Å². The van der Waals surface area contributed by atoms with Crippen molar-refractivity contribution in [2.75, 3.05) is 6.61 Å². The number of nitrogens with two attached hydrogens (primary N) is 1. The van der Waals surface area contributed by atoms with Crippen LogP contribution in [0.15, 0.2) is 22.7 Å². The Bertz CT molecular complexity index is 404. The van der Waals surface area contributed by atoms with Gasteiger partial charge in [0.15, 0.2) is 0 Å². The maximum Gasteiger partial charge on any atom is 0.130 e. The molecule has 0 aromatic heterocycles. The summed E-state index contributed by atoms with van der Waals surface area (Å²) in [5.41, 5.74) is 6.48. The van der Waals surface area contributed by atoms with E-state index in [1.54, 1.807) is 0 Å². The van der Waals surface area contributed by atoms with E-state index in [1.165, 1.54) is 12.8 Å². The number of thiocarbonyl (C=S) groups is 1. The van der Waals surface area contributed by atoms with Crippen molar-refractivity contribution >= 4 is 33.1 Å². The highest BCUT2D eigenvalue weighted by Crippen LogP contribution is 2.33. The summed E-state index contributed by atoms with van der Waals surface area (Å²) >= 11 is 8.45. The molecule has 1 fully saturated rings. The molecule has 0 saturated heterocycles. The first-order valence-electron chi connectivity index (χ1n) is 5.39. The fraction of sp³-hybridized carbons (Fsp3) is 0.417. The van der Waals surface area contributed by atoms with Crippen LogP contribution in [0.5, 0.6) is 5.75 Å². The van der Waals surface area contributed by atoms with Gasteiger partial charge in [-0.25, -0.2) is 0 Å². The average Bonchev–Trinajstić information content (AvgIpc) is 3.01. The first kappa shape index (κ1) is 11.9. The SMILES string of the molecule is NC(=S)c1c(Br)cccc1OCCC1CC1. The Morgan fingerprint density at radius 1 is 1.50 bits per heavy atom. The van der Waals surface area contributed by atoms with Crippen molar-refractivity contribution in [3.63, 3.8) is 0 Å². The number of benzene rings is 1. The van der Waals surface area contributed by atoms with Crippen LogP contribution >= 0.6 is 28.1 Å². The molecule has 4 heteroatoms. The molecule has 1 aliphatic rings. The molecule has 1 saturated carbocycles. The smallest absolute Gasteiger partial charge is 0.130 e. The summed E-state index contributed by atoms with van der Waals surface area (Å²) in [5.74, 6) is 1.66. The van der Waals surface area contributed by atoms with Gasteiger partial charge in [0.05, 0.1) is 12.2 Å². The lowest BCUT2D eigenvalue weighted by Crippen LogP contribution is -2.13. The molecule has 2 N–H and O–H groups in total. The Kier molecular flexibility index (Phi) is 3.82. The van der Waals surface area contributed by atoms with Crippen molar-refractivity contribution in [1.82, 2.24) is 0 Å². The van der Waals surface area contributed by atoms with Gasteiger partial charge in [0.2, 0.25) is 0 Å². The Balaban J connectivity index is 2.05. The molecule has 2 rings (SSSR count). The third-order valence-electron chi connectivity index (χ3n) is 2.70. The van der Waals surface area contributed by atoms with Crippen LogP contribution in [-0.2, 0) is 0 Å². The van der Waals surface area contributed by atoms with Gasteiger partial charge in [-0.1, -0.05) is 31.1 Å². The molecular weight excluding hydrogens is 286 g/mol. The number of rotatable bonds is 5. The van der Waals surface area contributed by atoms with E-state index in [9.17, 15) is 0 Å². The minimum absolute atomic E-state index is 0.369. The molecule has 0 aliphatic heterocycles. The van der Waals surface area contributed by atoms with E-state index in [2.05, 4.69) is 15.9 Å². The Morgan fingerprint density at radius 3 is 2.88 bits per heavy atom. The molecule has 0 unspecified atom stereocenters. The van der Waals surface area contributed by atoms with Gasteiger partial charge in [0, 0.05) is 4.47 Å². The zero-order valence-corrected chi connectivity index (χ0v) is 11.3. The van der Waals surface area contributed by atoms with E-state index >= 15 is 0 Å². The summed E-state index contributed by atoms with van der Waals surface area (Å²) in [6.45, 7) is 0.747. The van der Waals surface area contributed by atoms with Crippen molar-refractivity contribution in [2.45, 2.75) is 19.3 Å². The Hall–Kier alpha value is -0.610. The third kappa shape index (κ3) is 2.95. The molecule has 0 amide bonds.